The number of aryl methyl sites for hydroxylation is 1. The van der Waals surface area contributed by atoms with Crippen LogP contribution in [-0.2, 0) is 6.67 Å². The van der Waals surface area contributed by atoms with Crippen molar-refractivity contribution in [2.24, 2.45) is 0 Å². The van der Waals surface area contributed by atoms with Crippen molar-refractivity contribution in [3.8, 4) is 5.75 Å². The first-order valence-corrected chi connectivity index (χ1v) is 3.89. The summed E-state index contributed by atoms with van der Waals surface area (Å²) < 4.78 is 17.5. The van der Waals surface area contributed by atoms with Crippen molar-refractivity contribution >= 4 is 0 Å². The number of hydrogen-bond acceptors (Lipinski definition) is 1. The molecule has 1 aromatic carbocycles. The number of halogens is 1. The number of ether oxygens (including phenoxy) is 1. The van der Waals surface area contributed by atoms with Gasteiger partial charge in [0.25, 0.3) is 0 Å². The Morgan fingerprint density at radius 2 is 2.00 bits per heavy atom. The summed E-state index contributed by atoms with van der Waals surface area (Å²) in [6.45, 7) is 3.37. The molecule has 66 valence electrons. The standard InChI is InChI=1S/C10H13FO/c1-7-4-9(6-11)8(2)10(5-7)12-3/h4-5H,6H2,1-3H3. The summed E-state index contributed by atoms with van der Waals surface area (Å²) in [4.78, 5) is 0. The number of benzene rings is 1. The molecule has 0 amide bonds. The molecule has 1 aromatic rings. The second-order valence-electron chi connectivity index (χ2n) is 2.88. The molecule has 0 saturated heterocycles. The van der Waals surface area contributed by atoms with Gasteiger partial charge in [0, 0.05) is 0 Å². The Bertz CT molecular complexity index is 256. The van der Waals surface area contributed by atoms with Crippen LogP contribution in [0.4, 0.5) is 4.39 Å². The van der Waals surface area contributed by atoms with Crippen LogP contribution in [0.15, 0.2) is 12.1 Å². The molecular weight excluding hydrogens is 155 g/mol. The summed E-state index contributed by atoms with van der Waals surface area (Å²) in [7, 11) is 1.60. The number of alkyl halides is 1. The Hall–Kier alpha value is -1.05. The third kappa shape index (κ3) is 1.58. The van der Waals surface area contributed by atoms with E-state index < -0.39 is 6.67 Å². The van der Waals surface area contributed by atoms with Gasteiger partial charge in [0.1, 0.15) is 12.4 Å². The third-order valence-corrected chi connectivity index (χ3v) is 1.98. The minimum absolute atomic E-state index is 0.427. The molecule has 0 saturated carbocycles. The van der Waals surface area contributed by atoms with Crippen LogP contribution in [0.25, 0.3) is 0 Å². The lowest BCUT2D eigenvalue weighted by atomic mass is 10.1. The van der Waals surface area contributed by atoms with Crippen molar-refractivity contribution in [2.45, 2.75) is 20.5 Å². The molecule has 2 heteroatoms. The van der Waals surface area contributed by atoms with Gasteiger partial charge in [-0.1, -0.05) is 6.07 Å². The summed E-state index contributed by atoms with van der Waals surface area (Å²) >= 11 is 0. The van der Waals surface area contributed by atoms with E-state index in [1.54, 1.807) is 7.11 Å². The summed E-state index contributed by atoms with van der Waals surface area (Å²) in [5.41, 5.74) is 2.64. The van der Waals surface area contributed by atoms with Crippen LogP contribution in [-0.4, -0.2) is 7.11 Å². The second kappa shape index (κ2) is 3.57. The van der Waals surface area contributed by atoms with E-state index in [2.05, 4.69) is 0 Å². The van der Waals surface area contributed by atoms with Crippen LogP contribution in [0.2, 0.25) is 0 Å². The van der Waals surface area contributed by atoms with E-state index in [1.807, 2.05) is 26.0 Å². The van der Waals surface area contributed by atoms with E-state index in [1.165, 1.54) is 0 Å². The molecule has 1 rings (SSSR count). The lowest BCUT2D eigenvalue weighted by molar-refractivity contribution is 0.407. The maximum absolute atomic E-state index is 12.4. The molecule has 0 heterocycles. The fraction of sp³-hybridized carbons (Fsp3) is 0.400. The average Bonchev–Trinajstić information content (AvgIpc) is 2.08. The molecule has 1 nitrogen and oxygen atoms in total. The third-order valence-electron chi connectivity index (χ3n) is 1.98. The molecule has 0 bridgehead atoms. The highest BCUT2D eigenvalue weighted by atomic mass is 19.1. The highest BCUT2D eigenvalue weighted by Gasteiger charge is 2.04. The Kier molecular flexibility index (Phi) is 2.69. The highest BCUT2D eigenvalue weighted by molar-refractivity contribution is 5.42. The van der Waals surface area contributed by atoms with Gasteiger partial charge in [-0.3, -0.25) is 0 Å². The fourth-order valence-electron chi connectivity index (χ4n) is 1.25. The summed E-state index contributed by atoms with van der Waals surface area (Å²) in [6.07, 6.45) is 0. The molecule has 12 heavy (non-hydrogen) atoms. The van der Waals surface area contributed by atoms with Crippen molar-refractivity contribution in [1.29, 1.82) is 0 Å². The first-order chi connectivity index (χ1) is 5.69. The molecule has 0 spiro atoms. The Morgan fingerprint density at radius 3 is 2.50 bits per heavy atom. The van der Waals surface area contributed by atoms with E-state index >= 15 is 0 Å². The van der Waals surface area contributed by atoms with E-state index in [0.717, 1.165) is 16.9 Å². The van der Waals surface area contributed by atoms with Crippen molar-refractivity contribution in [3.05, 3.63) is 28.8 Å². The summed E-state index contributed by atoms with van der Waals surface area (Å²) in [5, 5.41) is 0. The molecule has 0 radical (unpaired) electrons. The minimum Gasteiger partial charge on any atom is -0.496 e. The maximum Gasteiger partial charge on any atom is 0.122 e. The second-order valence-corrected chi connectivity index (χ2v) is 2.88. The van der Waals surface area contributed by atoms with Gasteiger partial charge in [0.15, 0.2) is 0 Å². The molecule has 0 aromatic heterocycles. The van der Waals surface area contributed by atoms with Crippen molar-refractivity contribution in [3.63, 3.8) is 0 Å². The van der Waals surface area contributed by atoms with Gasteiger partial charge < -0.3 is 4.74 Å². The SMILES string of the molecule is COc1cc(C)cc(CF)c1C. The summed E-state index contributed by atoms with van der Waals surface area (Å²) in [6, 6.07) is 3.76. The first-order valence-electron chi connectivity index (χ1n) is 3.89. The molecule has 0 aliphatic carbocycles. The minimum atomic E-state index is -0.427. The zero-order chi connectivity index (χ0) is 9.14. The van der Waals surface area contributed by atoms with Crippen LogP contribution in [0.1, 0.15) is 16.7 Å². The van der Waals surface area contributed by atoms with Crippen LogP contribution < -0.4 is 4.74 Å². The smallest absolute Gasteiger partial charge is 0.122 e. The quantitative estimate of drug-likeness (QED) is 0.659. The molecule has 0 aliphatic heterocycles. The van der Waals surface area contributed by atoms with Crippen LogP contribution in [0.3, 0.4) is 0 Å². The Labute approximate surface area is 72.2 Å². The predicted octanol–water partition coefficient (Wildman–Crippen LogP) is 2.78. The highest BCUT2D eigenvalue weighted by Crippen LogP contribution is 2.23. The van der Waals surface area contributed by atoms with Crippen molar-refractivity contribution < 1.29 is 9.13 Å². The van der Waals surface area contributed by atoms with Gasteiger partial charge in [-0.25, -0.2) is 4.39 Å². The molecular formula is C10H13FO. The monoisotopic (exact) mass is 168 g/mol. The van der Waals surface area contributed by atoms with Gasteiger partial charge in [-0.05, 0) is 36.6 Å². The number of hydrogen-bond donors (Lipinski definition) is 0. The van der Waals surface area contributed by atoms with Crippen LogP contribution in [0.5, 0.6) is 5.75 Å². The van der Waals surface area contributed by atoms with Gasteiger partial charge >= 0.3 is 0 Å². The van der Waals surface area contributed by atoms with Gasteiger partial charge in [0.05, 0.1) is 7.11 Å². The zero-order valence-electron chi connectivity index (χ0n) is 7.65. The normalized spacial score (nSPS) is 10.0. The van der Waals surface area contributed by atoms with E-state index in [0.29, 0.717) is 5.56 Å². The van der Waals surface area contributed by atoms with Crippen molar-refractivity contribution in [1.82, 2.24) is 0 Å². The fourth-order valence-corrected chi connectivity index (χ4v) is 1.25. The largest absolute Gasteiger partial charge is 0.496 e. The number of methoxy groups -OCH3 is 1. The lowest BCUT2D eigenvalue weighted by Crippen LogP contribution is -1.93. The Balaban J connectivity index is 3.22. The number of rotatable bonds is 2. The van der Waals surface area contributed by atoms with Gasteiger partial charge in [-0.2, -0.15) is 0 Å². The first kappa shape index (κ1) is 9.04. The Morgan fingerprint density at radius 1 is 1.33 bits per heavy atom. The van der Waals surface area contributed by atoms with Gasteiger partial charge in [0.2, 0.25) is 0 Å². The average molecular weight is 168 g/mol. The van der Waals surface area contributed by atoms with Gasteiger partial charge in [-0.15, -0.1) is 0 Å². The molecule has 0 aliphatic rings. The van der Waals surface area contributed by atoms with Crippen LogP contribution in [0, 0.1) is 13.8 Å². The van der Waals surface area contributed by atoms with Crippen LogP contribution >= 0.6 is 0 Å². The predicted molar refractivity (Wildman–Crippen MR) is 47.3 cm³/mol. The van der Waals surface area contributed by atoms with E-state index in [-0.39, 0.29) is 0 Å². The topological polar surface area (TPSA) is 9.23 Å². The van der Waals surface area contributed by atoms with Crippen molar-refractivity contribution in [2.75, 3.05) is 7.11 Å². The van der Waals surface area contributed by atoms with E-state index in [9.17, 15) is 4.39 Å². The summed E-state index contributed by atoms with van der Waals surface area (Å²) in [5.74, 6) is 0.766. The zero-order valence-corrected chi connectivity index (χ0v) is 7.65. The van der Waals surface area contributed by atoms with E-state index in [4.69, 9.17) is 4.74 Å². The molecule has 0 N–H and O–H groups in total. The lowest BCUT2D eigenvalue weighted by Gasteiger charge is -2.09. The maximum atomic E-state index is 12.4. The molecule has 0 fully saturated rings. The molecule has 0 atom stereocenters. The molecule has 0 unspecified atom stereocenters.